The van der Waals surface area contributed by atoms with Crippen LogP contribution in [0.25, 0.3) is 6.08 Å². The molecule has 0 aliphatic rings. The van der Waals surface area contributed by atoms with E-state index in [-0.39, 0.29) is 11.5 Å². The van der Waals surface area contributed by atoms with E-state index in [1.165, 1.54) is 25.3 Å². The highest BCUT2D eigenvalue weighted by Crippen LogP contribution is 2.10. The van der Waals surface area contributed by atoms with Crippen LogP contribution in [-0.4, -0.2) is 13.0 Å². The molecule has 0 fully saturated rings. The third-order valence-electron chi connectivity index (χ3n) is 1.62. The van der Waals surface area contributed by atoms with Crippen LogP contribution in [0.15, 0.2) is 24.3 Å². The standard InChI is InChI=1S/C10H9F2NO/c1-13-10(14)5-3-7-2-4-8(11)6-9(7)12/h2-6H,1H3,(H,13,14). The van der Waals surface area contributed by atoms with Crippen LogP contribution in [0, 0.1) is 11.6 Å². The lowest BCUT2D eigenvalue weighted by molar-refractivity contribution is -0.115. The first-order chi connectivity index (χ1) is 6.63. The van der Waals surface area contributed by atoms with E-state index in [9.17, 15) is 13.6 Å². The molecule has 1 aromatic carbocycles. The molecule has 2 nitrogen and oxygen atoms in total. The molecule has 0 spiro atoms. The number of hydrogen-bond donors (Lipinski definition) is 1. The van der Waals surface area contributed by atoms with Gasteiger partial charge in [-0.2, -0.15) is 0 Å². The second kappa shape index (κ2) is 4.50. The summed E-state index contributed by atoms with van der Waals surface area (Å²) in [6, 6.07) is 3.17. The van der Waals surface area contributed by atoms with E-state index in [2.05, 4.69) is 5.32 Å². The lowest BCUT2D eigenvalue weighted by atomic mass is 10.2. The third kappa shape index (κ3) is 2.65. The van der Waals surface area contributed by atoms with Gasteiger partial charge in [-0.3, -0.25) is 4.79 Å². The van der Waals surface area contributed by atoms with Crippen LogP contribution in [0.5, 0.6) is 0 Å². The van der Waals surface area contributed by atoms with Gasteiger partial charge < -0.3 is 5.32 Å². The highest BCUT2D eigenvalue weighted by atomic mass is 19.1. The number of nitrogens with one attached hydrogen (secondary N) is 1. The van der Waals surface area contributed by atoms with Crippen molar-refractivity contribution in [3.63, 3.8) is 0 Å². The van der Waals surface area contributed by atoms with Crippen molar-refractivity contribution in [1.29, 1.82) is 0 Å². The minimum atomic E-state index is -0.690. The van der Waals surface area contributed by atoms with Crippen molar-refractivity contribution in [2.75, 3.05) is 7.05 Å². The maximum absolute atomic E-state index is 13.0. The number of likely N-dealkylation sites (N-methyl/N-ethyl adjacent to an activating group) is 1. The summed E-state index contributed by atoms with van der Waals surface area (Å²) < 4.78 is 25.5. The third-order valence-corrected chi connectivity index (χ3v) is 1.62. The molecule has 0 saturated heterocycles. The van der Waals surface area contributed by atoms with Crippen molar-refractivity contribution in [2.24, 2.45) is 0 Å². The molecule has 0 unspecified atom stereocenters. The van der Waals surface area contributed by atoms with Crippen LogP contribution in [0.1, 0.15) is 5.56 Å². The van der Waals surface area contributed by atoms with Crippen LogP contribution in [-0.2, 0) is 4.79 Å². The first-order valence-electron chi connectivity index (χ1n) is 3.98. The summed E-state index contributed by atoms with van der Waals surface area (Å²) in [6.07, 6.45) is 2.46. The summed E-state index contributed by atoms with van der Waals surface area (Å²) in [5.74, 6) is -1.67. The average molecular weight is 197 g/mol. The molecule has 0 aliphatic carbocycles. The fourth-order valence-electron chi connectivity index (χ4n) is 0.885. The molecule has 0 atom stereocenters. The second-order valence-electron chi connectivity index (χ2n) is 2.61. The van der Waals surface area contributed by atoms with Gasteiger partial charge in [0.2, 0.25) is 5.91 Å². The fourth-order valence-corrected chi connectivity index (χ4v) is 0.885. The molecule has 0 aliphatic heterocycles. The maximum Gasteiger partial charge on any atom is 0.243 e. The Hall–Kier alpha value is -1.71. The Morgan fingerprint density at radius 2 is 2.14 bits per heavy atom. The zero-order valence-electron chi connectivity index (χ0n) is 7.55. The van der Waals surface area contributed by atoms with Crippen LogP contribution < -0.4 is 5.32 Å². The molecule has 0 saturated carbocycles. The number of halogens is 2. The van der Waals surface area contributed by atoms with E-state index in [1.807, 2.05) is 0 Å². The largest absolute Gasteiger partial charge is 0.356 e. The molecule has 14 heavy (non-hydrogen) atoms. The zero-order valence-corrected chi connectivity index (χ0v) is 7.55. The fraction of sp³-hybridized carbons (Fsp3) is 0.100. The van der Waals surface area contributed by atoms with Gasteiger partial charge in [0, 0.05) is 24.8 Å². The van der Waals surface area contributed by atoms with E-state index in [4.69, 9.17) is 0 Å². The van der Waals surface area contributed by atoms with Crippen molar-refractivity contribution >= 4 is 12.0 Å². The van der Waals surface area contributed by atoms with E-state index in [0.29, 0.717) is 0 Å². The molecule has 4 heteroatoms. The number of rotatable bonds is 2. The molecular weight excluding hydrogens is 188 g/mol. The van der Waals surface area contributed by atoms with Crippen LogP contribution in [0.4, 0.5) is 8.78 Å². The predicted octanol–water partition coefficient (Wildman–Crippen LogP) is 1.72. The minimum Gasteiger partial charge on any atom is -0.356 e. The first-order valence-corrected chi connectivity index (χ1v) is 3.98. The molecule has 0 aromatic heterocycles. The van der Waals surface area contributed by atoms with E-state index < -0.39 is 11.6 Å². The molecule has 0 radical (unpaired) electrons. The maximum atomic E-state index is 13.0. The average Bonchev–Trinajstić information content (AvgIpc) is 2.16. The van der Waals surface area contributed by atoms with Gasteiger partial charge in [-0.1, -0.05) is 0 Å². The molecule has 74 valence electrons. The molecule has 0 heterocycles. The topological polar surface area (TPSA) is 29.1 Å². The Balaban J connectivity index is 2.87. The summed E-state index contributed by atoms with van der Waals surface area (Å²) in [7, 11) is 1.47. The number of hydrogen-bond acceptors (Lipinski definition) is 1. The van der Waals surface area contributed by atoms with Gasteiger partial charge in [-0.25, -0.2) is 8.78 Å². The summed E-state index contributed by atoms with van der Waals surface area (Å²) in [6.45, 7) is 0. The smallest absolute Gasteiger partial charge is 0.243 e. The monoisotopic (exact) mass is 197 g/mol. The predicted molar refractivity (Wildman–Crippen MR) is 49.5 cm³/mol. The van der Waals surface area contributed by atoms with Gasteiger partial charge in [0.05, 0.1) is 0 Å². The highest BCUT2D eigenvalue weighted by molar-refractivity contribution is 5.91. The highest BCUT2D eigenvalue weighted by Gasteiger charge is 2.00. The van der Waals surface area contributed by atoms with Gasteiger partial charge in [-0.05, 0) is 18.2 Å². The van der Waals surface area contributed by atoms with Crippen molar-refractivity contribution < 1.29 is 13.6 Å². The molecule has 1 N–H and O–H groups in total. The summed E-state index contributed by atoms with van der Waals surface area (Å²) >= 11 is 0. The van der Waals surface area contributed by atoms with Crippen molar-refractivity contribution in [3.05, 3.63) is 41.5 Å². The Morgan fingerprint density at radius 3 is 2.71 bits per heavy atom. The van der Waals surface area contributed by atoms with E-state index in [0.717, 1.165) is 12.1 Å². The number of carbonyl (C=O) groups excluding carboxylic acids is 1. The summed E-state index contributed by atoms with van der Waals surface area (Å²) in [4.78, 5) is 10.8. The first kappa shape index (κ1) is 10.4. The molecule has 0 bridgehead atoms. The van der Waals surface area contributed by atoms with Crippen LogP contribution in [0.3, 0.4) is 0 Å². The summed E-state index contributed by atoms with van der Waals surface area (Å²) in [5, 5.41) is 2.34. The number of carbonyl (C=O) groups is 1. The van der Waals surface area contributed by atoms with Gasteiger partial charge in [0.15, 0.2) is 0 Å². The normalized spacial score (nSPS) is 10.5. The van der Waals surface area contributed by atoms with Crippen molar-refractivity contribution in [3.8, 4) is 0 Å². The van der Waals surface area contributed by atoms with Gasteiger partial charge in [-0.15, -0.1) is 0 Å². The Bertz CT molecular complexity index is 374. The Labute approximate surface area is 80.2 Å². The summed E-state index contributed by atoms with van der Waals surface area (Å²) in [5.41, 5.74) is 0.176. The van der Waals surface area contributed by atoms with Gasteiger partial charge >= 0.3 is 0 Å². The molecular formula is C10H9F2NO. The van der Waals surface area contributed by atoms with Crippen molar-refractivity contribution in [2.45, 2.75) is 0 Å². The quantitative estimate of drug-likeness (QED) is 0.718. The minimum absolute atomic E-state index is 0.176. The Morgan fingerprint density at radius 1 is 1.43 bits per heavy atom. The number of benzene rings is 1. The second-order valence-corrected chi connectivity index (χ2v) is 2.61. The Kier molecular flexibility index (Phi) is 3.34. The lowest BCUT2D eigenvalue weighted by Crippen LogP contribution is -2.13. The van der Waals surface area contributed by atoms with Crippen molar-refractivity contribution in [1.82, 2.24) is 5.32 Å². The molecule has 1 amide bonds. The van der Waals surface area contributed by atoms with E-state index in [1.54, 1.807) is 0 Å². The molecule has 1 rings (SSSR count). The van der Waals surface area contributed by atoms with Gasteiger partial charge in [0.25, 0.3) is 0 Å². The van der Waals surface area contributed by atoms with Crippen LogP contribution >= 0.6 is 0 Å². The molecule has 1 aromatic rings. The number of amides is 1. The van der Waals surface area contributed by atoms with E-state index >= 15 is 0 Å². The lowest BCUT2D eigenvalue weighted by Gasteiger charge is -1.96. The SMILES string of the molecule is CNC(=O)C=Cc1ccc(F)cc1F. The van der Waals surface area contributed by atoms with Gasteiger partial charge in [0.1, 0.15) is 11.6 Å². The van der Waals surface area contributed by atoms with Crippen LogP contribution in [0.2, 0.25) is 0 Å². The zero-order chi connectivity index (χ0) is 10.6.